The lowest BCUT2D eigenvalue weighted by Crippen LogP contribution is -2.48. The number of amidine groups is 1. The molecule has 1 saturated heterocycles. The smallest absolute Gasteiger partial charge is 0.313 e. The van der Waals surface area contributed by atoms with E-state index in [9.17, 15) is 24.5 Å². The number of carbonyl (C=O) groups is 2. The Morgan fingerprint density at radius 1 is 1.14 bits per heavy atom. The third-order valence-electron chi connectivity index (χ3n) is 5.67. The number of hydrogen-bond acceptors (Lipinski definition) is 9. The van der Waals surface area contributed by atoms with Crippen molar-refractivity contribution >= 4 is 56.6 Å². The molecule has 0 bridgehead atoms. The van der Waals surface area contributed by atoms with Gasteiger partial charge in [-0.25, -0.2) is 0 Å². The molecule has 14 heteroatoms. The zero-order chi connectivity index (χ0) is 26.5. The number of nitrogens with two attached hydrogens (primary N) is 1. The number of benzene rings is 2. The third kappa shape index (κ3) is 6.62. The molecule has 1 aliphatic heterocycles. The standard InChI is InChI=1S/C23H23ClN6O6S/c24-16-3-6-19-18(11-16)29(23(33)37-19)13-21(31)27-7-9-28(10-8-27)26-20(25)12-22(32)36-14-15-1-4-17(5-2-15)30(34)35/h1-6,11H,7-10,12-14H2,(H2,25,26). The molecule has 0 spiro atoms. The number of nitro groups is 1. The second-order valence-electron chi connectivity index (χ2n) is 8.25. The van der Waals surface area contributed by atoms with Gasteiger partial charge in [0.15, 0.2) is 0 Å². The van der Waals surface area contributed by atoms with Crippen LogP contribution in [0.2, 0.25) is 5.02 Å². The van der Waals surface area contributed by atoms with Crippen molar-refractivity contribution in [3.8, 4) is 0 Å². The minimum Gasteiger partial charge on any atom is -0.460 e. The molecule has 0 radical (unpaired) electrons. The molecule has 2 aromatic carbocycles. The van der Waals surface area contributed by atoms with Crippen LogP contribution >= 0.6 is 22.9 Å². The van der Waals surface area contributed by atoms with Crippen molar-refractivity contribution in [2.45, 2.75) is 19.6 Å². The number of halogens is 1. The number of nitrogens with zero attached hydrogens (tertiary/aromatic N) is 5. The first kappa shape index (κ1) is 26.1. The highest BCUT2D eigenvalue weighted by Crippen LogP contribution is 2.22. The Morgan fingerprint density at radius 3 is 2.51 bits per heavy atom. The fourth-order valence-electron chi connectivity index (χ4n) is 3.76. The highest BCUT2D eigenvalue weighted by atomic mass is 35.5. The maximum Gasteiger partial charge on any atom is 0.313 e. The molecule has 1 amide bonds. The number of amides is 1. The van der Waals surface area contributed by atoms with E-state index in [0.29, 0.717) is 42.3 Å². The maximum atomic E-state index is 12.8. The predicted octanol–water partition coefficient (Wildman–Crippen LogP) is 2.17. The van der Waals surface area contributed by atoms with Gasteiger partial charge in [-0.1, -0.05) is 22.9 Å². The topological polar surface area (TPSA) is 153 Å². The van der Waals surface area contributed by atoms with Crippen molar-refractivity contribution < 1.29 is 19.2 Å². The van der Waals surface area contributed by atoms with Gasteiger partial charge in [-0.3, -0.25) is 34.1 Å². The zero-order valence-electron chi connectivity index (χ0n) is 19.5. The number of nitro benzene ring substituents is 1. The fourth-order valence-corrected chi connectivity index (χ4v) is 4.80. The summed E-state index contributed by atoms with van der Waals surface area (Å²) in [4.78, 5) is 48.9. The average molecular weight is 547 g/mol. The van der Waals surface area contributed by atoms with Gasteiger partial charge in [-0.15, -0.1) is 0 Å². The molecule has 4 rings (SSSR count). The van der Waals surface area contributed by atoms with E-state index < -0.39 is 10.9 Å². The van der Waals surface area contributed by atoms with Gasteiger partial charge in [0.1, 0.15) is 25.4 Å². The van der Waals surface area contributed by atoms with E-state index >= 15 is 0 Å². The monoisotopic (exact) mass is 546 g/mol. The van der Waals surface area contributed by atoms with E-state index in [1.54, 1.807) is 28.1 Å². The number of ether oxygens (including phenoxy) is 1. The second-order valence-corrected chi connectivity index (χ2v) is 9.68. The van der Waals surface area contributed by atoms with Gasteiger partial charge in [-0.05, 0) is 35.9 Å². The van der Waals surface area contributed by atoms with Crippen LogP contribution in [0.1, 0.15) is 12.0 Å². The second kappa shape index (κ2) is 11.4. The number of aromatic nitrogens is 1. The molecular formula is C23H23ClN6O6S. The Hall–Kier alpha value is -3.97. The van der Waals surface area contributed by atoms with Crippen molar-refractivity contribution in [1.82, 2.24) is 14.5 Å². The fraction of sp³-hybridized carbons (Fsp3) is 0.304. The van der Waals surface area contributed by atoms with Crippen LogP contribution in [0.4, 0.5) is 5.69 Å². The highest BCUT2D eigenvalue weighted by molar-refractivity contribution is 7.16. The van der Waals surface area contributed by atoms with Crippen LogP contribution in [-0.2, 0) is 27.5 Å². The summed E-state index contributed by atoms with van der Waals surface area (Å²) in [5.74, 6) is -0.697. The first-order valence-corrected chi connectivity index (χ1v) is 12.4. The van der Waals surface area contributed by atoms with Crippen LogP contribution in [0.5, 0.6) is 0 Å². The number of rotatable bonds is 8. The predicted molar refractivity (Wildman–Crippen MR) is 138 cm³/mol. The average Bonchev–Trinajstić information content (AvgIpc) is 3.17. The number of piperazine rings is 1. The van der Waals surface area contributed by atoms with E-state index in [1.165, 1.54) is 28.8 Å². The number of esters is 1. The molecular weight excluding hydrogens is 524 g/mol. The Morgan fingerprint density at radius 2 is 1.84 bits per heavy atom. The van der Waals surface area contributed by atoms with Crippen LogP contribution in [-0.4, -0.2) is 63.3 Å². The molecule has 37 heavy (non-hydrogen) atoms. The molecule has 12 nitrogen and oxygen atoms in total. The van der Waals surface area contributed by atoms with Crippen LogP contribution in [0, 0.1) is 10.1 Å². The minimum atomic E-state index is -0.582. The number of hydrazone groups is 1. The first-order valence-electron chi connectivity index (χ1n) is 11.2. The molecule has 194 valence electrons. The van der Waals surface area contributed by atoms with Crippen molar-refractivity contribution in [2.75, 3.05) is 26.2 Å². The van der Waals surface area contributed by atoms with Gasteiger partial charge in [0.2, 0.25) is 5.91 Å². The minimum absolute atomic E-state index is 0.0421. The third-order valence-corrected chi connectivity index (χ3v) is 6.87. The SMILES string of the molecule is NC(CC(=O)OCc1ccc([N+](=O)[O-])cc1)=NN1CCN(C(=O)Cn2c(=O)sc3ccc(Cl)cc32)CC1. The molecule has 1 aliphatic rings. The molecule has 1 aromatic heterocycles. The van der Waals surface area contributed by atoms with Gasteiger partial charge >= 0.3 is 10.8 Å². The zero-order valence-corrected chi connectivity index (χ0v) is 21.1. The van der Waals surface area contributed by atoms with E-state index in [1.807, 2.05) is 0 Å². The molecule has 1 fully saturated rings. The van der Waals surface area contributed by atoms with Gasteiger partial charge in [0, 0.05) is 30.2 Å². The molecule has 0 saturated carbocycles. The summed E-state index contributed by atoms with van der Waals surface area (Å²) in [6.07, 6.45) is -0.219. The number of non-ortho nitro benzene ring substituents is 1. The Bertz CT molecular complexity index is 1410. The summed E-state index contributed by atoms with van der Waals surface area (Å²) in [7, 11) is 0. The van der Waals surface area contributed by atoms with E-state index in [2.05, 4.69) is 5.10 Å². The number of carbonyl (C=O) groups excluding carboxylic acids is 2. The van der Waals surface area contributed by atoms with Crippen molar-refractivity contribution in [3.05, 3.63) is 72.8 Å². The number of fused-ring (bicyclic) bond motifs is 1. The lowest BCUT2D eigenvalue weighted by Gasteiger charge is -2.33. The Labute approximate surface area is 219 Å². The largest absolute Gasteiger partial charge is 0.460 e. The van der Waals surface area contributed by atoms with Crippen LogP contribution in [0.25, 0.3) is 10.2 Å². The van der Waals surface area contributed by atoms with Gasteiger partial charge in [0.05, 0.1) is 28.2 Å². The molecule has 2 N–H and O–H groups in total. The summed E-state index contributed by atoms with van der Waals surface area (Å²) >= 11 is 7.12. The summed E-state index contributed by atoms with van der Waals surface area (Å²) in [6.45, 7) is 1.48. The summed E-state index contributed by atoms with van der Waals surface area (Å²) in [5, 5.41) is 17.1. The van der Waals surface area contributed by atoms with Gasteiger partial charge in [0.25, 0.3) is 5.69 Å². The van der Waals surface area contributed by atoms with E-state index in [0.717, 1.165) is 16.0 Å². The molecule has 2 heterocycles. The van der Waals surface area contributed by atoms with Crippen molar-refractivity contribution in [2.24, 2.45) is 10.8 Å². The van der Waals surface area contributed by atoms with Crippen LogP contribution < -0.4 is 10.6 Å². The van der Waals surface area contributed by atoms with Crippen LogP contribution in [0.3, 0.4) is 0 Å². The van der Waals surface area contributed by atoms with Crippen LogP contribution in [0.15, 0.2) is 52.4 Å². The van der Waals surface area contributed by atoms with Gasteiger partial charge in [-0.2, -0.15) is 5.10 Å². The molecule has 0 aliphatic carbocycles. The Kier molecular flexibility index (Phi) is 8.04. The summed E-state index contributed by atoms with van der Waals surface area (Å²) in [5.41, 5.74) is 7.09. The first-order chi connectivity index (χ1) is 17.7. The lowest BCUT2D eigenvalue weighted by molar-refractivity contribution is -0.384. The number of thiazole rings is 1. The summed E-state index contributed by atoms with van der Waals surface area (Å²) < 4.78 is 7.35. The maximum absolute atomic E-state index is 12.8. The quantitative estimate of drug-likeness (QED) is 0.148. The van der Waals surface area contributed by atoms with E-state index in [4.69, 9.17) is 22.1 Å². The van der Waals surface area contributed by atoms with Crippen molar-refractivity contribution in [3.63, 3.8) is 0 Å². The Balaban J connectivity index is 1.24. The lowest BCUT2D eigenvalue weighted by atomic mass is 10.2. The molecule has 3 aromatic rings. The molecule has 0 unspecified atom stereocenters. The van der Waals surface area contributed by atoms with Crippen molar-refractivity contribution in [1.29, 1.82) is 0 Å². The van der Waals surface area contributed by atoms with Gasteiger partial charge < -0.3 is 15.4 Å². The highest BCUT2D eigenvalue weighted by Gasteiger charge is 2.22. The summed E-state index contributed by atoms with van der Waals surface area (Å²) in [6, 6.07) is 10.8. The molecule has 0 atom stereocenters. The normalized spacial score (nSPS) is 14.1. The number of hydrogen-bond donors (Lipinski definition) is 1. The van der Waals surface area contributed by atoms with E-state index in [-0.39, 0.29) is 41.9 Å².